The SMILES string of the molecule is COc1cc(-c2nc3n(n2)[C@H](c2ccc(F)cc2)C(C(N)=O)=C(C)N3)cc(OC)c1OC. The van der Waals surface area contributed by atoms with Crippen molar-refractivity contribution in [2.75, 3.05) is 26.6 Å². The number of allylic oxidation sites excluding steroid dienone is 1. The lowest BCUT2D eigenvalue weighted by Crippen LogP contribution is -2.31. The number of hydrogen-bond donors (Lipinski definition) is 2. The second-order valence-electron chi connectivity index (χ2n) is 7.10. The Hall–Kier alpha value is -4.08. The summed E-state index contributed by atoms with van der Waals surface area (Å²) >= 11 is 0. The van der Waals surface area contributed by atoms with Crippen LogP contribution in [0.15, 0.2) is 47.7 Å². The maximum Gasteiger partial charge on any atom is 0.248 e. The standard InChI is InChI=1S/C22H22FN5O4/c1-11-17(20(24)29)18(12-5-7-14(23)8-6-12)28-22(25-11)26-21(27-28)13-9-15(30-2)19(32-4)16(10-13)31-3/h5-10,18H,1-4H3,(H2,24,29)(H,25,26,27)/t18-/m1/s1. The number of nitrogens with two attached hydrogens (primary N) is 1. The molecule has 10 heteroatoms. The van der Waals surface area contributed by atoms with E-state index in [0.29, 0.717) is 51.4 Å². The largest absolute Gasteiger partial charge is 0.493 e. The second-order valence-corrected chi connectivity index (χ2v) is 7.10. The van der Waals surface area contributed by atoms with E-state index in [-0.39, 0.29) is 5.82 Å². The fourth-order valence-corrected chi connectivity index (χ4v) is 3.76. The smallest absolute Gasteiger partial charge is 0.248 e. The van der Waals surface area contributed by atoms with Crippen LogP contribution in [0, 0.1) is 5.82 Å². The lowest BCUT2D eigenvalue weighted by Gasteiger charge is -2.27. The number of hydrogen-bond acceptors (Lipinski definition) is 7. The van der Waals surface area contributed by atoms with Crippen molar-refractivity contribution in [3.8, 4) is 28.6 Å². The number of rotatable bonds is 6. The van der Waals surface area contributed by atoms with Crippen molar-refractivity contribution in [1.29, 1.82) is 0 Å². The topological polar surface area (TPSA) is 114 Å². The summed E-state index contributed by atoms with van der Waals surface area (Å²) < 4.78 is 31.3. The Morgan fingerprint density at radius 2 is 1.72 bits per heavy atom. The quantitative estimate of drug-likeness (QED) is 0.607. The van der Waals surface area contributed by atoms with Gasteiger partial charge in [0.1, 0.15) is 11.9 Å². The second kappa shape index (κ2) is 8.22. The minimum absolute atomic E-state index is 0.311. The van der Waals surface area contributed by atoms with Crippen LogP contribution in [0.1, 0.15) is 18.5 Å². The van der Waals surface area contributed by atoms with Gasteiger partial charge in [-0.15, -0.1) is 5.10 Å². The van der Waals surface area contributed by atoms with E-state index in [9.17, 15) is 9.18 Å². The molecule has 1 amide bonds. The van der Waals surface area contributed by atoms with Crippen molar-refractivity contribution in [2.24, 2.45) is 5.73 Å². The zero-order valence-corrected chi connectivity index (χ0v) is 18.0. The Morgan fingerprint density at radius 3 is 2.25 bits per heavy atom. The van der Waals surface area contributed by atoms with Crippen LogP contribution in [-0.4, -0.2) is 42.0 Å². The molecule has 2 aromatic carbocycles. The zero-order chi connectivity index (χ0) is 23.0. The highest BCUT2D eigenvalue weighted by Crippen LogP contribution is 2.42. The zero-order valence-electron chi connectivity index (χ0n) is 18.0. The predicted molar refractivity (Wildman–Crippen MR) is 115 cm³/mol. The van der Waals surface area contributed by atoms with Gasteiger partial charge in [-0.2, -0.15) is 4.98 Å². The molecule has 0 spiro atoms. The molecular weight excluding hydrogens is 417 g/mol. The first-order chi connectivity index (χ1) is 15.4. The molecule has 2 heterocycles. The van der Waals surface area contributed by atoms with Gasteiger partial charge in [0.05, 0.1) is 26.9 Å². The molecule has 1 atom stereocenters. The van der Waals surface area contributed by atoms with Gasteiger partial charge in [-0.1, -0.05) is 12.1 Å². The predicted octanol–water partition coefficient (Wildman–Crippen LogP) is 2.88. The van der Waals surface area contributed by atoms with Crippen LogP contribution in [-0.2, 0) is 4.79 Å². The van der Waals surface area contributed by atoms with Crippen LogP contribution in [0.3, 0.4) is 0 Å². The minimum Gasteiger partial charge on any atom is -0.493 e. The lowest BCUT2D eigenvalue weighted by atomic mass is 9.95. The number of primary amides is 1. The van der Waals surface area contributed by atoms with Gasteiger partial charge in [0, 0.05) is 11.3 Å². The summed E-state index contributed by atoms with van der Waals surface area (Å²) in [5.41, 5.74) is 7.79. The fourth-order valence-electron chi connectivity index (χ4n) is 3.76. The van der Waals surface area contributed by atoms with Crippen molar-refractivity contribution in [3.05, 3.63) is 59.0 Å². The maximum absolute atomic E-state index is 13.5. The molecule has 9 nitrogen and oxygen atoms in total. The number of halogens is 1. The lowest BCUT2D eigenvalue weighted by molar-refractivity contribution is -0.115. The molecule has 1 aliphatic rings. The number of nitrogens with zero attached hydrogens (tertiary/aromatic N) is 3. The number of ether oxygens (including phenoxy) is 3. The van der Waals surface area contributed by atoms with E-state index >= 15 is 0 Å². The average Bonchev–Trinajstić information content (AvgIpc) is 3.21. The first-order valence-electron chi connectivity index (χ1n) is 9.67. The highest BCUT2D eigenvalue weighted by Gasteiger charge is 2.33. The van der Waals surface area contributed by atoms with Crippen molar-refractivity contribution < 1.29 is 23.4 Å². The highest BCUT2D eigenvalue weighted by molar-refractivity contribution is 5.95. The van der Waals surface area contributed by atoms with Gasteiger partial charge in [-0.25, -0.2) is 9.07 Å². The van der Waals surface area contributed by atoms with Gasteiger partial charge in [0.15, 0.2) is 17.3 Å². The Balaban J connectivity index is 1.88. The number of benzene rings is 2. The minimum atomic E-state index is -0.673. The van der Waals surface area contributed by atoms with Crippen molar-refractivity contribution in [1.82, 2.24) is 14.8 Å². The van der Waals surface area contributed by atoms with Crippen LogP contribution in [0.5, 0.6) is 17.2 Å². The number of carbonyl (C=O) groups is 1. The summed E-state index contributed by atoms with van der Waals surface area (Å²) in [6.45, 7) is 1.73. The van der Waals surface area contributed by atoms with Crippen molar-refractivity contribution in [3.63, 3.8) is 0 Å². The summed E-state index contributed by atoms with van der Waals surface area (Å²) in [4.78, 5) is 16.9. The van der Waals surface area contributed by atoms with Gasteiger partial charge < -0.3 is 25.3 Å². The number of amides is 1. The third-order valence-electron chi connectivity index (χ3n) is 5.23. The molecule has 0 unspecified atom stereocenters. The van der Waals surface area contributed by atoms with E-state index in [4.69, 9.17) is 19.9 Å². The highest BCUT2D eigenvalue weighted by atomic mass is 19.1. The van der Waals surface area contributed by atoms with Gasteiger partial charge in [0.25, 0.3) is 0 Å². The van der Waals surface area contributed by atoms with E-state index in [1.54, 1.807) is 35.9 Å². The van der Waals surface area contributed by atoms with Gasteiger partial charge in [0.2, 0.25) is 17.6 Å². The van der Waals surface area contributed by atoms with Crippen LogP contribution in [0.4, 0.5) is 10.3 Å². The monoisotopic (exact) mass is 439 g/mol. The summed E-state index contributed by atoms with van der Waals surface area (Å²) in [6.07, 6.45) is 0. The first-order valence-corrected chi connectivity index (χ1v) is 9.67. The molecule has 0 aliphatic carbocycles. The normalized spacial score (nSPS) is 15.1. The third-order valence-corrected chi connectivity index (χ3v) is 5.23. The van der Waals surface area contributed by atoms with E-state index in [1.807, 2.05) is 0 Å². The maximum atomic E-state index is 13.5. The summed E-state index contributed by atoms with van der Waals surface area (Å²) in [6, 6.07) is 8.60. The molecule has 0 saturated heterocycles. The fraction of sp³-hybridized carbons (Fsp3) is 0.227. The van der Waals surface area contributed by atoms with Crippen LogP contribution in [0.25, 0.3) is 11.4 Å². The molecule has 3 N–H and O–H groups in total. The summed E-state index contributed by atoms with van der Waals surface area (Å²) in [5.74, 6) is 1.11. The molecule has 0 radical (unpaired) electrons. The first kappa shape index (κ1) is 21.2. The van der Waals surface area contributed by atoms with E-state index in [0.717, 1.165) is 0 Å². The molecular formula is C22H22FN5O4. The van der Waals surface area contributed by atoms with E-state index in [2.05, 4.69) is 15.4 Å². The third kappa shape index (κ3) is 3.49. The number of aromatic nitrogens is 3. The van der Waals surface area contributed by atoms with E-state index < -0.39 is 11.9 Å². The molecule has 1 aliphatic heterocycles. The number of nitrogens with one attached hydrogen (secondary N) is 1. The molecule has 3 aromatic rings. The molecule has 4 rings (SSSR count). The Kier molecular flexibility index (Phi) is 5.43. The molecule has 0 fully saturated rings. The number of methoxy groups -OCH3 is 3. The van der Waals surface area contributed by atoms with Crippen LogP contribution >= 0.6 is 0 Å². The van der Waals surface area contributed by atoms with Gasteiger partial charge in [-0.3, -0.25) is 4.79 Å². The van der Waals surface area contributed by atoms with Crippen molar-refractivity contribution in [2.45, 2.75) is 13.0 Å². The number of fused-ring (bicyclic) bond motifs is 1. The Bertz CT molecular complexity index is 1190. The van der Waals surface area contributed by atoms with E-state index in [1.165, 1.54) is 33.5 Å². The van der Waals surface area contributed by atoms with Gasteiger partial charge >= 0.3 is 0 Å². The molecule has 0 bridgehead atoms. The van der Waals surface area contributed by atoms with Gasteiger partial charge in [-0.05, 0) is 36.8 Å². The van der Waals surface area contributed by atoms with Crippen LogP contribution < -0.4 is 25.3 Å². The summed E-state index contributed by atoms with van der Waals surface area (Å²) in [5, 5.41) is 7.71. The molecule has 166 valence electrons. The number of anilines is 1. The average molecular weight is 439 g/mol. The van der Waals surface area contributed by atoms with Crippen LogP contribution in [0.2, 0.25) is 0 Å². The van der Waals surface area contributed by atoms with Crippen molar-refractivity contribution >= 4 is 11.9 Å². The summed E-state index contributed by atoms with van der Waals surface area (Å²) in [7, 11) is 4.56. The molecule has 1 aromatic heterocycles. The number of carbonyl (C=O) groups excluding carboxylic acids is 1. The Morgan fingerprint density at radius 1 is 1.09 bits per heavy atom. The molecule has 0 saturated carbocycles. The molecule has 32 heavy (non-hydrogen) atoms. The Labute approximate surface area is 183 Å².